The van der Waals surface area contributed by atoms with E-state index in [1.54, 1.807) is 4.90 Å². The molecular formula is C29H27F3N4O2. The van der Waals surface area contributed by atoms with E-state index < -0.39 is 23.8 Å². The van der Waals surface area contributed by atoms with Gasteiger partial charge in [-0.3, -0.25) is 14.7 Å². The molecule has 1 saturated heterocycles. The monoisotopic (exact) mass is 520 g/mol. The van der Waals surface area contributed by atoms with Crippen LogP contribution in [0.3, 0.4) is 0 Å². The van der Waals surface area contributed by atoms with Crippen molar-refractivity contribution in [2.75, 3.05) is 19.6 Å². The Bertz CT molecular complexity index is 1400. The van der Waals surface area contributed by atoms with E-state index in [-0.39, 0.29) is 18.5 Å². The number of benzene rings is 3. The number of rotatable bonds is 3. The lowest BCUT2D eigenvalue weighted by molar-refractivity contribution is -0.137. The second kappa shape index (κ2) is 9.96. The molecule has 5 rings (SSSR count). The minimum absolute atomic E-state index is 0.0815. The fourth-order valence-electron chi connectivity index (χ4n) is 5.04. The Balaban J connectivity index is 1.67. The molecule has 2 aliphatic rings. The highest BCUT2D eigenvalue weighted by Gasteiger charge is 2.45. The molecule has 1 N–H and O–H groups in total. The molecule has 2 aliphatic heterocycles. The number of carbonyl (C=O) groups excluding carboxylic acids is 2. The van der Waals surface area contributed by atoms with E-state index in [9.17, 15) is 22.8 Å². The van der Waals surface area contributed by atoms with E-state index >= 15 is 0 Å². The number of alkyl halides is 3. The maximum absolute atomic E-state index is 14.1. The molecule has 9 heteroatoms. The maximum atomic E-state index is 14.1. The van der Waals surface area contributed by atoms with Crippen LogP contribution in [0.5, 0.6) is 0 Å². The number of amidine groups is 1. The number of piperazine rings is 1. The number of urea groups is 1. The number of hydrogen-bond donors (Lipinski definition) is 1. The van der Waals surface area contributed by atoms with Crippen LogP contribution in [-0.2, 0) is 11.0 Å². The minimum atomic E-state index is -4.46. The zero-order chi connectivity index (χ0) is 27.0. The van der Waals surface area contributed by atoms with Crippen molar-refractivity contribution >= 4 is 17.8 Å². The highest BCUT2D eigenvalue weighted by atomic mass is 19.4. The molecule has 3 amide bonds. The summed E-state index contributed by atoms with van der Waals surface area (Å²) in [4.78, 5) is 34.4. The Hall–Kier alpha value is -4.14. The lowest BCUT2D eigenvalue weighted by Gasteiger charge is -2.36. The van der Waals surface area contributed by atoms with E-state index in [4.69, 9.17) is 4.99 Å². The summed E-state index contributed by atoms with van der Waals surface area (Å²) in [5.41, 5.74) is 3.23. The zero-order valence-corrected chi connectivity index (χ0v) is 21.0. The Morgan fingerprint density at radius 2 is 1.71 bits per heavy atom. The van der Waals surface area contributed by atoms with Gasteiger partial charge in [0.05, 0.1) is 11.6 Å². The van der Waals surface area contributed by atoms with Gasteiger partial charge < -0.3 is 10.2 Å². The summed E-state index contributed by atoms with van der Waals surface area (Å²) >= 11 is 0. The van der Waals surface area contributed by atoms with Crippen molar-refractivity contribution in [3.05, 3.63) is 106 Å². The number of amides is 3. The first-order valence-electron chi connectivity index (χ1n) is 12.4. The van der Waals surface area contributed by atoms with Gasteiger partial charge in [0, 0.05) is 18.7 Å². The van der Waals surface area contributed by atoms with Gasteiger partial charge in [0.1, 0.15) is 18.4 Å². The third-order valence-corrected chi connectivity index (χ3v) is 6.93. The first-order valence-corrected chi connectivity index (χ1v) is 12.4. The van der Waals surface area contributed by atoms with E-state index in [0.29, 0.717) is 24.5 Å². The molecule has 0 aliphatic carbocycles. The molecule has 38 heavy (non-hydrogen) atoms. The Morgan fingerprint density at radius 1 is 0.974 bits per heavy atom. The predicted octanol–water partition coefficient (Wildman–Crippen LogP) is 5.42. The Labute approximate surface area is 218 Å². The largest absolute Gasteiger partial charge is 0.416 e. The van der Waals surface area contributed by atoms with Crippen LogP contribution in [0.1, 0.15) is 45.5 Å². The summed E-state index contributed by atoms with van der Waals surface area (Å²) in [6, 6.07) is 18.5. The quantitative estimate of drug-likeness (QED) is 0.501. The van der Waals surface area contributed by atoms with Crippen molar-refractivity contribution in [3.63, 3.8) is 0 Å². The van der Waals surface area contributed by atoms with E-state index in [0.717, 1.165) is 34.4 Å². The van der Waals surface area contributed by atoms with Crippen LogP contribution in [0.15, 0.2) is 77.8 Å². The fourth-order valence-corrected chi connectivity index (χ4v) is 5.04. The Morgan fingerprint density at radius 3 is 2.37 bits per heavy atom. The summed E-state index contributed by atoms with van der Waals surface area (Å²) < 4.78 is 39.9. The minimum Gasteiger partial charge on any atom is -0.353 e. The molecule has 0 saturated carbocycles. The SMILES string of the molecule is Cc1cccc(C2C(c3ccc(C(F)(F)F)cc3)N=C(c3ccccc3C)N2C(=O)N2CCNC(=O)C2)c1. The number of aryl methyl sites for hydroxylation is 2. The van der Waals surface area contributed by atoms with Gasteiger partial charge >= 0.3 is 12.2 Å². The molecule has 3 aromatic rings. The van der Waals surface area contributed by atoms with Gasteiger partial charge in [0.2, 0.25) is 5.91 Å². The number of hydrogen-bond acceptors (Lipinski definition) is 3. The van der Waals surface area contributed by atoms with Gasteiger partial charge in [-0.1, -0.05) is 66.2 Å². The van der Waals surface area contributed by atoms with E-state index in [1.807, 2.05) is 62.4 Å². The summed E-state index contributed by atoms with van der Waals surface area (Å²) in [7, 11) is 0. The molecule has 6 nitrogen and oxygen atoms in total. The predicted molar refractivity (Wildman–Crippen MR) is 138 cm³/mol. The van der Waals surface area contributed by atoms with Gasteiger partial charge in [0.25, 0.3) is 0 Å². The lowest BCUT2D eigenvalue weighted by Crippen LogP contribution is -2.55. The third kappa shape index (κ3) is 4.88. The van der Waals surface area contributed by atoms with Gasteiger partial charge in [-0.15, -0.1) is 0 Å². The van der Waals surface area contributed by atoms with Crippen molar-refractivity contribution in [2.45, 2.75) is 32.1 Å². The van der Waals surface area contributed by atoms with Crippen LogP contribution in [-0.4, -0.2) is 47.2 Å². The van der Waals surface area contributed by atoms with E-state index in [1.165, 1.54) is 17.0 Å². The average molecular weight is 521 g/mol. The second-order valence-corrected chi connectivity index (χ2v) is 9.62. The van der Waals surface area contributed by atoms with Crippen LogP contribution >= 0.6 is 0 Å². The Kier molecular flexibility index (Phi) is 6.69. The standard InChI is InChI=1S/C29H27F3N4O2/c1-18-6-5-8-21(16-18)26-25(20-10-12-22(13-11-20)29(30,31)32)34-27(23-9-4-3-7-19(23)2)36(26)28(38)35-15-14-33-24(37)17-35/h3-13,16,25-26H,14-15,17H2,1-2H3,(H,33,37). The van der Waals surface area contributed by atoms with Crippen molar-refractivity contribution in [1.29, 1.82) is 0 Å². The lowest BCUT2D eigenvalue weighted by atomic mass is 9.92. The van der Waals surface area contributed by atoms with Gasteiger partial charge in [-0.05, 0) is 42.7 Å². The molecular weight excluding hydrogens is 493 g/mol. The molecule has 196 valence electrons. The zero-order valence-electron chi connectivity index (χ0n) is 21.0. The molecule has 0 radical (unpaired) electrons. The number of nitrogens with one attached hydrogen (secondary N) is 1. The van der Waals surface area contributed by atoms with Crippen LogP contribution in [0.4, 0.5) is 18.0 Å². The highest BCUT2D eigenvalue weighted by molar-refractivity contribution is 6.10. The topological polar surface area (TPSA) is 65.0 Å². The second-order valence-electron chi connectivity index (χ2n) is 9.62. The highest BCUT2D eigenvalue weighted by Crippen LogP contribution is 2.45. The van der Waals surface area contributed by atoms with Crippen molar-refractivity contribution in [2.24, 2.45) is 4.99 Å². The fraction of sp³-hybridized carbons (Fsp3) is 0.276. The molecule has 0 aromatic heterocycles. The molecule has 3 aromatic carbocycles. The average Bonchev–Trinajstić information content (AvgIpc) is 3.28. The number of aliphatic imine (C=N–C) groups is 1. The number of halogens is 3. The normalized spacial score (nSPS) is 19.8. The summed E-state index contributed by atoms with van der Waals surface area (Å²) in [5, 5.41) is 2.74. The van der Waals surface area contributed by atoms with Gasteiger partial charge in [0.15, 0.2) is 0 Å². The summed E-state index contributed by atoms with van der Waals surface area (Å²) in [6.45, 7) is 4.46. The van der Waals surface area contributed by atoms with Crippen molar-refractivity contribution in [1.82, 2.24) is 15.1 Å². The smallest absolute Gasteiger partial charge is 0.353 e. The first-order chi connectivity index (χ1) is 18.1. The van der Waals surface area contributed by atoms with Crippen LogP contribution in [0.25, 0.3) is 0 Å². The van der Waals surface area contributed by atoms with Gasteiger partial charge in [-0.25, -0.2) is 4.79 Å². The number of nitrogens with zero attached hydrogens (tertiary/aromatic N) is 3. The molecule has 2 atom stereocenters. The van der Waals surface area contributed by atoms with Crippen LogP contribution < -0.4 is 5.32 Å². The molecule has 2 heterocycles. The summed E-state index contributed by atoms with van der Waals surface area (Å²) in [6.07, 6.45) is -4.46. The van der Waals surface area contributed by atoms with Crippen molar-refractivity contribution < 1.29 is 22.8 Å². The van der Waals surface area contributed by atoms with Crippen molar-refractivity contribution in [3.8, 4) is 0 Å². The molecule has 1 fully saturated rings. The van der Waals surface area contributed by atoms with Crippen LogP contribution in [0, 0.1) is 13.8 Å². The van der Waals surface area contributed by atoms with E-state index in [2.05, 4.69) is 5.32 Å². The number of carbonyl (C=O) groups is 2. The van der Waals surface area contributed by atoms with Crippen LogP contribution in [0.2, 0.25) is 0 Å². The summed E-state index contributed by atoms with van der Waals surface area (Å²) in [5.74, 6) is 0.181. The van der Waals surface area contributed by atoms with Gasteiger partial charge in [-0.2, -0.15) is 13.2 Å². The molecule has 2 unspecified atom stereocenters. The molecule has 0 bridgehead atoms. The maximum Gasteiger partial charge on any atom is 0.416 e. The third-order valence-electron chi connectivity index (χ3n) is 6.93. The molecule has 0 spiro atoms. The first kappa shape index (κ1) is 25.5.